The van der Waals surface area contributed by atoms with E-state index in [1.165, 1.54) is 42.9 Å². The molecule has 40 heavy (non-hydrogen) atoms. The van der Waals surface area contributed by atoms with Crippen molar-refractivity contribution in [1.29, 1.82) is 0 Å². The van der Waals surface area contributed by atoms with Crippen LogP contribution < -0.4 is 9.47 Å². The van der Waals surface area contributed by atoms with Gasteiger partial charge in [0.2, 0.25) is 0 Å². The lowest BCUT2D eigenvalue weighted by Gasteiger charge is -2.40. The van der Waals surface area contributed by atoms with Crippen molar-refractivity contribution >= 4 is 11.9 Å². The third kappa shape index (κ3) is 5.82. The van der Waals surface area contributed by atoms with Gasteiger partial charge in [-0.1, -0.05) is 13.0 Å². The third-order valence-electron chi connectivity index (χ3n) is 8.79. The highest BCUT2D eigenvalue weighted by molar-refractivity contribution is 5.99. The molecule has 1 saturated heterocycles. The Kier molecular flexibility index (Phi) is 7.71. The maximum absolute atomic E-state index is 13.4. The minimum Gasteiger partial charge on any atom is -0.490 e. The van der Waals surface area contributed by atoms with Crippen molar-refractivity contribution in [3.63, 3.8) is 0 Å². The van der Waals surface area contributed by atoms with Gasteiger partial charge in [0.1, 0.15) is 0 Å². The van der Waals surface area contributed by atoms with Crippen LogP contribution in [0.5, 0.6) is 11.5 Å². The van der Waals surface area contributed by atoms with Gasteiger partial charge in [0.25, 0.3) is 5.91 Å². The highest BCUT2D eigenvalue weighted by Crippen LogP contribution is 2.49. The number of aromatic carboxylic acids is 1. The summed E-state index contributed by atoms with van der Waals surface area (Å²) >= 11 is 0. The molecular formula is C32H41N3O5. The van der Waals surface area contributed by atoms with Crippen LogP contribution in [-0.4, -0.2) is 70.7 Å². The van der Waals surface area contributed by atoms with Gasteiger partial charge in [-0.25, -0.2) is 4.79 Å². The number of hydrogen-bond donors (Lipinski definition) is 1. The lowest BCUT2D eigenvalue weighted by Crippen LogP contribution is -2.50. The normalized spacial score (nSPS) is 19.9. The monoisotopic (exact) mass is 547 g/mol. The average molecular weight is 548 g/mol. The van der Waals surface area contributed by atoms with E-state index in [-0.39, 0.29) is 17.5 Å². The molecule has 1 aromatic carbocycles. The van der Waals surface area contributed by atoms with Crippen molar-refractivity contribution in [3.05, 3.63) is 51.8 Å². The number of aromatic nitrogens is 1. The number of rotatable bonds is 11. The van der Waals surface area contributed by atoms with E-state index in [2.05, 4.69) is 28.9 Å². The molecule has 0 spiro atoms. The van der Waals surface area contributed by atoms with Crippen LogP contribution >= 0.6 is 0 Å². The van der Waals surface area contributed by atoms with E-state index in [9.17, 15) is 14.7 Å². The Morgan fingerprint density at radius 2 is 1.82 bits per heavy atom. The van der Waals surface area contributed by atoms with Crippen LogP contribution in [0.25, 0.3) is 0 Å². The fourth-order valence-electron chi connectivity index (χ4n) is 6.16. The number of benzene rings is 1. The second-order valence-electron chi connectivity index (χ2n) is 12.1. The Morgan fingerprint density at radius 1 is 1.05 bits per heavy atom. The minimum atomic E-state index is -1.04. The number of carbonyl (C=O) groups is 2. The summed E-state index contributed by atoms with van der Waals surface area (Å²) < 4.78 is 12.6. The number of amides is 1. The van der Waals surface area contributed by atoms with E-state index >= 15 is 0 Å². The molecule has 0 radical (unpaired) electrons. The molecule has 2 saturated carbocycles. The van der Waals surface area contributed by atoms with Crippen LogP contribution in [0.4, 0.5) is 0 Å². The highest BCUT2D eigenvalue weighted by Gasteiger charge is 2.35. The van der Waals surface area contributed by atoms with E-state index < -0.39 is 5.97 Å². The van der Waals surface area contributed by atoms with Crippen molar-refractivity contribution in [3.8, 4) is 11.5 Å². The number of ether oxygens (including phenoxy) is 2. The number of likely N-dealkylation sites (tertiary alicyclic amines) is 1. The molecule has 2 aliphatic heterocycles. The summed E-state index contributed by atoms with van der Waals surface area (Å²) in [5, 5.41) is 9.51. The Morgan fingerprint density at radius 3 is 2.50 bits per heavy atom. The molecule has 3 heterocycles. The number of carboxylic acid groups (broad SMARTS) is 1. The molecule has 0 bridgehead atoms. The average Bonchev–Trinajstić information content (AvgIpc) is 3.86. The molecule has 1 aromatic heterocycles. The van der Waals surface area contributed by atoms with Gasteiger partial charge in [-0.3, -0.25) is 14.7 Å². The maximum atomic E-state index is 13.4. The number of aryl methyl sites for hydroxylation is 1. The van der Waals surface area contributed by atoms with Crippen molar-refractivity contribution < 1.29 is 24.2 Å². The van der Waals surface area contributed by atoms with Gasteiger partial charge in [-0.2, -0.15) is 0 Å². The van der Waals surface area contributed by atoms with Gasteiger partial charge in [0, 0.05) is 44.2 Å². The van der Waals surface area contributed by atoms with Gasteiger partial charge in [-0.15, -0.1) is 0 Å². The summed E-state index contributed by atoms with van der Waals surface area (Å²) in [6.07, 6.45) is 8.43. The van der Waals surface area contributed by atoms with Crippen LogP contribution in [0.1, 0.15) is 101 Å². The molecule has 4 aliphatic rings. The molecule has 1 amide bonds. The number of fused-ring (bicyclic) bond motifs is 1. The maximum Gasteiger partial charge on any atom is 0.337 e. The minimum absolute atomic E-state index is 0.0803. The lowest BCUT2D eigenvalue weighted by molar-refractivity contribution is 0.0543. The van der Waals surface area contributed by atoms with E-state index in [1.54, 1.807) is 6.92 Å². The van der Waals surface area contributed by atoms with Gasteiger partial charge in [0.15, 0.2) is 11.5 Å². The quantitative estimate of drug-likeness (QED) is 0.413. The van der Waals surface area contributed by atoms with E-state index in [0.29, 0.717) is 42.7 Å². The summed E-state index contributed by atoms with van der Waals surface area (Å²) in [6, 6.07) is 6.23. The summed E-state index contributed by atoms with van der Waals surface area (Å²) in [6.45, 7) is 8.64. The van der Waals surface area contributed by atoms with E-state index in [1.807, 2.05) is 4.90 Å². The van der Waals surface area contributed by atoms with Gasteiger partial charge in [-0.05, 0) is 81.4 Å². The van der Waals surface area contributed by atoms with Crippen LogP contribution in [0.15, 0.2) is 18.2 Å². The Labute approximate surface area is 236 Å². The van der Waals surface area contributed by atoms with E-state index in [0.717, 1.165) is 62.7 Å². The van der Waals surface area contributed by atoms with Crippen molar-refractivity contribution in [2.75, 3.05) is 32.8 Å². The first-order valence-electron chi connectivity index (χ1n) is 15.1. The first-order valence-corrected chi connectivity index (χ1v) is 15.1. The Bertz CT molecular complexity index is 1280. The summed E-state index contributed by atoms with van der Waals surface area (Å²) in [4.78, 5) is 33.9. The lowest BCUT2D eigenvalue weighted by atomic mass is 9.95. The van der Waals surface area contributed by atoms with Crippen LogP contribution in [0.2, 0.25) is 0 Å². The fourth-order valence-corrected chi connectivity index (χ4v) is 6.16. The SMILES string of the molecule is CCCOc1cc(CN2CCC(N3CCc4nc(C)c(C(=O)O)cc4C3=O)CC2)cc(C2CC2)c1OCC1CC1. The number of hydrogen-bond acceptors (Lipinski definition) is 6. The topological polar surface area (TPSA) is 92.2 Å². The van der Waals surface area contributed by atoms with Crippen LogP contribution in [0.3, 0.4) is 0 Å². The zero-order valence-corrected chi connectivity index (χ0v) is 23.8. The highest BCUT2D eigenvalue weighted by atomic mass is 16.5. The number of piperidine rings is 1. The molecule has 0 unspecified atom stereocenters. The molecule has 2 aromatic rings. The second-order valence-corrected chi connectivity index (χ2v) is 12.1. The third-order valence-corrected chi connectivity index (χ3v) is 8.79. The second kappa shape index (κ2) is 11.4. The van der Waals surface area contributed by atoms with Crippen molar-refractivity contribution in [2.45, 2.75) is 83.7 Å². The summed E-state index contributed by atoms with van der Waals surface area (Å²) in [7, 11) is 0. The summed E-state index contributed by atoms with van der Waals surface area (Å²) in [5.74, 6) is 2.04. The predicted octanol–water partition coefficient (Wildman–Crippen LogP) is 5.21. The number of carbonyl (C=O) groups excluding carboxylic acids is 1. The first-order chi connectivity index (χ1) is 19.4. The molecule has 0 atom stereocenters. The predicted molar refractivity (Wildman–Crippen MR) is 151 cm³/mol. The molecule has 8 nitrogen and oxygen atoms in total. The molecule has 214 valence electrons. The largest absolute Gasteiger partial charge is 0.490 e. The van der Waals surface area contributed by atoms with Gasteiger partial charge >= 0.3 is 5.97 Å². The Balaban J connectivity index is 1.12. The number of carboxylic acids is 1. The van der Waals surface area contributed by atoms with E-state index in [4.69, 9.17) is 9.47 Å². The van der Waals surface area contributed by atoms with Crippen LogP contribution in [-0.2, 0) is 13.0 Å². The standard InChI is InChI=1S/C32H41N3O5/c1-3-14-39-29-16-22(15-26(23-6-7-23)30(29)40-19-21-4-5-21)18-34-11-8-24(9-12-34)35-13-10-28-27(31(35)36)17-25(32(37)38)20(2)33-28/h15-17,21,23-24H,3-14,18-19H2,1-2H3,(H,37,38). The van der Waals surface area contributed by atoms with Crippen molar-refractivity contribution in [2.24, 2.45) is 5.92 Å². The zero-order chi connectivity index (χ0) is 27.8. The Hall–Kier alpha value is -3.13. The van der Waals surface area contributed by atoms with Crippen LogP contribution in [0, 0.1) is 12.8 Å². The molecule has 1 N–H and O–H groups in total. The molecule has 8 heteroatoms. The summed E-state index contributed by atoms with van der Waals surface area (Å²) in [5.41, 5.74) is 4.35. The van der Waals surface area contributed by atoms with Gasteiger partial charge < -0.3 is 19.5 Å². The zero-order valence-electron chi connectivity index (χ0n) is 23.8. The number of pyridine rings is 1. The first kappa shape index (κ1) is 27.1. The van der Waals surface area contributed by atoms with Crippen molar-refractivity contribution in [1.82, 2.24) is 14.8 Å². The fraction of sp³-hybridized carbons (Fsp3) is 0.594. The van der Waals surface area contributed by atoms with Gasteiger partial charge in [0.05, 0.1) is 35.7 Å². The molecule has 3 fully saturated rings. The number of nitrogens with zero attached hydrogens (tertiary/aromatic N) is 3. The molecule has 2 aliphatic carbocycles. The smallest absolute Gasteiger partial charge is 0.337 e. The molecular weight excluding hydrogens is 506 g/mol. The molecule has 6 rings (SSSR count).